The fourth-order valence-corrected chi connectivity index (χ4v) is 2.34. The van der Waals surface area contributed by atoms with E-state index < -0.39 is 0 Å². The Morgan fingerprint density at radius 2 is 2.28 bits per heavy atom. The second kappa shape index (κ2) is 6.00. The summed E-state index contributed by atoms with van der Waals surface area (Å²) in [7, 11) is 0. The first-order valence-corrected chi connectivity index (χ1v) is 6.70. The van der Waals surface area contributed by atoms with Gasteiger partial charge in [0.05, 0.1) is 0 Å². The topological polar surface area (TPSA) is 70.1 Å². The number of ether oxygens (including phenoxy) is 1. The SMILES string of the molecule is CCCn1ccnc(OC2CCCCC2N)c1=O. The van der Waals surface area contributed by atoms with E-state index in [0.29, 0.717) is 6.54 Å². The molecule has 5 heteroatoms. The van der Waals surface area contributed by atoms with E-state index in [4.69, 9.17) is 10.5 Å². The van der Waals surface area contributed by atoms with Crippen LogP contribution in [-0.4, -0.2) is 21.7 Å². The fourth-order valence-electron chi connectivity index (χ4n) is 2.34. The fraction of sp³-hybridized carbons (Fsp3) is 0.692. The maximum absolute atomic E-state index is 12.1. The van der Waals surface area contributed by atoms with Gasteiger partial charge in [0.15, 0.2) is 0 Å². The Morgan fingerprint density at radius 3 is 3.00 bits per heavy atom. The molecule has 0 aliphatic heterocycles. The molecule has 1 aromatic rings. The van der Waals surface area contributed by atoms with E-state index in [2.05, 4.69) is 4.98 Å². The van der Waals surface area contributed by atoms with E-state index in [1.165, 1.54) is 0 Å². The molecule has 1 aromatic heterocycles. The van der Waals surface area contributed by atoms with Gasteiger partial charge in [-0.25, -0.2) is 4.98 Å². The summed E-state index contributed by atoms with van der Waals surface area (Å²) in [5.41, 5.74) is 5.86. The minimum Gasteiger partial charge on any atom is -0.469 e. The molecule has 2 rings (SSSR count). The monoisotopic (exact) mass is 251 g/mol. The van der Waals surface area contributed by atoms with E-state index in [9.17, 15) is 4.79 Å². The van der Waals surface area contributed by atoms with Crippen LogP contribution >= 0.6 is 0 Å². The maximum Gasteiger partial charge on any atom is 0.313 e. The Labute approximate surface area is 107 Å². The number of aryl methyl sites for hydroxylation is 1. The summed E-state index contributed by atoms with van der Waals surface area (Å²) in [6, 6.07) is 0.0137. The molecule has 2 unspecified atom stereocenters. The molecule has 2 atom stereocenters. The summed E-state index contributed by atoms with van der Waals surface area (Å²) in [6.07, 6.45) is 8.26. The van der Waals surface area contributed by atoms with Crippen molar-refractivity contribution in [1.82, 2.24) is 9.55 Å². The van der Waals surface area contributed by atoms with Gasteiger partial charge in [0.2, 0.25) is 0 Å². The first-order chi connectivity index (χ1) is 8.72. The lowest BCUT2D eigenvalue weighted by atomic mass is 9.93. The van der Waals surface area contributed by atoms with Crippen LogP contribution in [0.5, 0.6) is 5.88 Å². The van der Waals surface area contributed by atoms with Crippen LogP contribution in [0.3, 0.4) is 0 Å². The van der Waals surface area contributed by atoms with Gasteiger partial charge in [0.1, 0.15) is 6.10 Å². The average Bonchev–Trinajstić information content (AvgIpc) is 2.37. The van der Waals surface area contributed by atoms with E-state index in [1.54, 1.807) is 17.0 Å². The second-order valence-corrected chi connectivity index (χ2v) is 4.84. The second-order valence-electron chi connectivity index (χ2n) is 4.84. The van der Waals surface area contributed by atoms with Crippen molar-refractivity contribution in [3.05, 3.63) is 22.7 Å². The summed E-state index contributed by atoms with van der Waals surface area (Å²) in [6.45, 7) is 2.72. The Bertz CT molecular complexity index is 444. The number of hydrogen-bond acceptors (Lipinski definition) is 4. The Kier molecular flexibility index (Phi) is 4.36. The predicted molar refractivity (Wildman–Crippen MR) is 69.6 cm³/mol. The van der Waals surface area contributed by atoms with Crippen molar-refractivity contribution in [2.45, 2.75) is 57.7 Å². The van der Waals surface area contributed by atoms with E-state index in [-0.39, 0.29) is 23.6 Å². The largest absolute Gasteiger partial charge is 0.469 e. The first kappa shape index (κ1) is 13.1. The number of nitrogens with zero attached hydrogens (tertiary/aromatic N) is 2. The van der Waals surface area contributed by atoms with Crippen molar-refractivity contribution in [3.8, 4) is 5.88 Å². The highest BCUT2D eigenvalue weighted by Gasteiger charge is 2.24. The zero-order valence-corrected chi connectivity index (χ0v) is 10.8. The van der Waals surface area contributed by atoms with Crippen LogP contribution in [0.4, 0.5) is 0 Å². The minimum atomic E-state index is -0.155. The molecule has 18 heavy (non-hydrogen) atoms. The highest BCUT2D eigenvalue weighted by molar-refractivity contribution is 5.06. The van der Waals surface area contributed by atoms with Gasteiger partial charge < -0.3 is 15.0 Å². The minimum absolute atomic E-state index is 0.0137. The zero-order chi connectivity index (χ0) is 13.0. The molecule has 1 fully saturated rings. The highest BCUT2D eigenvalue weighted by atomic mass is 16.5. The molecule has 0 aromatic carbocycles. The molecule has 1 saturated carbocycles. The normalized spacial score (nSPS) is 23.9. The van der Waals surface area contributed by atoms with Crippen molar-refractivity contribution >= 4 is 0 Å². The third-order valence-corrected chi connectivity index (χ3v) is 3.36. The molecule has 0 spiro atoms. The number of rotatable bonds is 4. The van der Waals surface area contributed by atoms with E-state index in [0.717, 1.165) is 32.1 Å². The summed E-state index contributed by atoms with van der Waals surface area (Å²) in [4.78, 5) is 16.1. The zero-order valence-electron chi connectivity index (χ0n) is 10.8. The summed E-state index contributed by atoms with van der Waals surface area (Å²) < 4.78 is 7.35. The Hall–Kier alpha value is -1.36. The molecule has 0 radical (unpaired) electrons. The molecule has 2 N–H and O–H groups in total. The van der Waals surface area contributed by atoms with Crippen molar-refractivity contribution in [2.75, 3.05) is 0 Å². The quantitative estimate of drug-likeness (QED) is 0.875. The highest BCUT2D eigenvalue weighted by Crippen LogP contribution is 2.20. The van der Waals surface area contributed by atoms with Crippen molar-refractivity contribution in [1.29, 1.82) is 0 Å². The van der Waals surface area contributed by atoms with Gasteiger partial charge in [0.25, 0.3) is 5.88 Å². The van der Waals surface area contributed by atoms with Gasteiger partial charge in [-0.15, -0.1) is 0 Å². The van der Waals surface area contributed by atoms with Crippen molar-refractivity contribution < 1.29 is 4.74 Å². The van der Waals surface area contributed by atoms with E-state index in [1.807, 2.05) is 6.92 Å². The van der Waals surface area contributed by atoms with Gasteiger partial charge >= 0.3 is 5.56 Å². The molecule has 100 valence electrons. The molecule has 1 aliphatic rings. The molecule has 0 saturated heterocycles. The van der Waals surface area contributed by atoms with Crippen LogP contribution in [-0.2, 0) is 6.54 Å². The lowest BCUT2D eigenvalue weighted by Crippen LogP contribution is -2.42. The molecular formula is C13H21N3O2. The molecular weight excluding hydrogens is 230 g/mol. The average molecular weight is 251 g/mol. The third kappa shape index (κ3) is 2.90. The van der Waals surface area contributed by atoms with Gasteiger partial charge in [-0.2, -0.15) is 0 Å². The molecule has 1 aliphatic carbocycles. The van der Waals surface area contributed by atoms with E-state index >= 15 is 0 Å². The number of aromatic nitrogens is 2. The predicted octanol–water partition coefficient (Wildman–Crippen LogP) is 1.30. The third-order valence-electron chi connectivity index (χ3n) is 3.36. The molecule has 0 bridgehead atoms. The van der Waals surface area contributed by atoms with Crippen LogP contribution in [0.2, 0.25) is 0 Å². The van der Waals surface area contributed by atoms with Gasteiger partial charge in [-0.3, -0.25) is 4.79 Å². The number of nitrogens with two attached hydrogens (primary N) is 1. The van der Waals surface area contributed by atoms with Crippen LogP contribution < -0.4 is 16.0 Å². The van der Waals surface area contributed by atoms with Crippen LogP contribution in [0, 0.1) is 0 Å². The standard InChI is InChI=1S/C13H21N3O2/c1-2-8-16-9-7-15-12(13(16)17)18-11-6-4-3-5-10(11)14/h7,9-11H,2-6,8,14H2,1H3. The Balaban J connectivity index is 2.13. The van der Waals surface area contributed by atoms with Gasteiger partial charge in [-0.05, 0) is 25.7 Å². The van der Waals surface area contributed by atoms with Crippen LogP contribution in [0.1, 0.15) is 39.0 Å². The maximum atomic E-state index is 12.1. The van der Waals surface area contributed by atoms with Gasteiger partial charge in [0, 0.05) is 25.0 Å². The van der Waals surface area contributed by atoms with Gasteiger partial charge in [-0.1, -0.05) is 13.3 Å². The number of hydrogen-bond donors (Lipinski definition) is 1. The van der Waals surface area contributed by atoms with Crippen LogP contribution in [0.15, 0.2) is 17.2 Å². The summed E-state index contributed by atoms with van der Waals surface area (Å²) in [5.74, 6) is 0.188. The van der Waals surface area contributed by atoms with Crippen molar-refractivity contribution in [3.63, 3.8) is 0 Å². The molecule has 1 heterocycles. The first-order valence-electron chi connectivity index (χ1n) is 6.70. The molecule has 5 nitrogen and oxygen atoms in total. The lowest BCUT2D eigenvalue weighted by Gasteiger charge is -2.28. The Morgan fingerprint density at radius 1 is 1.50 bits per heavy atom. The van der Waals surface area contributed by atoms with Crippen molar-refractivity contribution in [2.24, 2.45) is 5.73 Å². The smallest absolute Gasteiger partial charge is 0.313 e. The van der Waals surface area contributed by atoms with Crippen LogP contribution in [0.25, 0.3) is 0 Å². The summed E-state index contributed by atoms with van der Waals surface area (Å²) >= 11 is 0. The summed E-state index contributed by atoms with van der Waals surface area (Å²) in [5, 5.41) is 0. The lowest BCUT2D eigenvalue weighted by molar-refractivity contribution is 0.124. The molecule has 0 amide bonds.